The number of alkyl halides is 3. The summed E-state index contributed by atoms with van der Waals surface area (Å²) < 4.78 is 59.3. The Kier molecular flexibility index (Phi) is 2.78. The van der Waals surface area contributed by atoms with Gasteiger partial charge in [-0.15, -0.1) is 0 Å². The second kappa shape index (κ2) is 3.73. The fourth-order valence-corrected chi connectivity index (χ4v) is 3.03. The molecule has 2 aliphatic rings. The van der Waals surface area contributed by atoms with Crippen molar-refractivity contribution < 1.29 is 21.6 Å². The van der Waals surface area contributed by atoms with Crippen LogP contribution in [0.25, 0.3) is 0 Å². The third kappa shape index (κ3) is 2.10. The third-order valence-corrected chi connectivity index (χ3v) is 4.41. The molecule has 1 N–H and O–H groups in total. The molecule has 0 aliphatic heterocycles. The summed E-state index contributed by atoms with van der Waals surface area (Å²) >= 11 is 0. The van der Waals surface area contributed by atoms with Gasteiger partial charge in [-0.1, -0.05) is 12.2 Å². The number of hydrogen-bond donors (Lipinski definition) is 1. The SMILES string of the molecule is O=S(=O)(NCC1C[C@H]2C=C[C@@H]1C2)C(F)(F)F. The molecule has 2 bridgehead atoms. The van der Waals surface area contributed by atoms with Gasteiger partial charge in [0.15, 0.2) is 0 Å². The van der Waals surface area contributed by atoms with E-state index in [1.807, 2.05) is 6.08 Å². The van der Waals surface area contributed by atoms with Crippen molar-refractivity contribution in [3.8, 4) is 0 Å². The van der Waals surface area contributed by atoms with Crippen LogP contribution in [0.2, 0.25) is 0 Å². The van der Waals surface area contributed by atoms with E-state index >= 15 is 0 Å². The fourth-order valence-electron chi connectivity index (χ4n) is 2.43. The second-order valence-corrected chi connectivity index (χ2v) is 6.10. The standard InChI is InChI=1S/C9H12F3NO2S/c10-9(11,12)16(14,15)13-5-8-4-6-1-2-7(8)3-6/h1-2,6-8,13H,3-5H2/t6-,7+,8?/m0/s1. The smallest absolute Gasteiger partial charge is 0.207 e. The van der Waals surface area contributed by atoms with Crippen LogP contribution < -0.4 is 4.72 Å². The van der Waals surface area contributed by atoms with Crippen molar-refractivity contribution >= 4 is 10.0 Å². The minimum Gasteiger partial charge on any atom is -0.207 e. The summed E-state index contributed by atoms with van der Waals surface area (Å²) in [6.07, 6.45) is 5.75. The highest BCUT2D eigenvalue weighted by Crippen LogP contribution is 2.43. The Morgan fingerprint density at radius 2 is 1.94 bits per heavy atom. The van der Waals surface area contributed by atoms with Gasteiger partial charge in [0.1, 0.15) is 0 Å². The molecule has 1 saturated carbocycles. The van der Waals surface area contributed by atoms with Gasteiger partial charge in [0, 0.05) is 6.54 Å². The summed E-state index contributed by atoms with van der Waals surface area (Å²) in [4.78, 5) is 0. The van der Waals surface area contributed by atoms with Crippen LogP contribution in [0.3, 0.4) is 0 Å². The second-order valence-electron chi connectivity index (χ2n) is 4.34. The molecule has 0 amide bonds. The fraction of sp³-hybridized carbons (Fsp3) is 0.778. The normalized spacial score (nSPS) is 33.6. The van der Waals surface area contributed by atoms with Gasteiger partial charge in [0.2, 0.25) is 0 Å². The van der Waals surface area contributed by atoms with Gasteiger partial charge in [-0.2, -0.15) is 13.2 Å². The van der Waals surface area contributed by atoms with E-state index in [9.17, 15) is 21.6 Å². The van der Waals surface area contributed by atoms with Gasteiger partial charge >= 0.3 is 15.5 Å². The Morgan fingerprint density at radius 1 is 1.25 bits per heavy atom. The lowest BCUT2D eigenvalue weighted by Gasteiger charge is -2.18. The molecular formula is C9H12F3NO2S. The molecule has 0 aromatic rings. The minimum absolute atomic E-state index is 0.00660. The van der Waals surface area contributed by atoms with Crippen molar-refractivity contribution in [3.05, 3.63) is 12.2 Å². The molecular weight excluding hydrogens is 243 g/mol. The molecule has 16 heavy (non-hydrogen) atoms. The number of allylic oxidation sites excluding steroid dienone is 2. The number of fused-ring (bicyclic) bond motifs is 2. The van der Waals surface area contributed by atoms with Gasteiger partial charge in [-0.3, -0.25) is 0 Å². The van der Waals surface area contributed by atoms with Crippen LogP contribution in [0.4, 0.5) is 13.2 Å². The molecule has 1 fully saturated rings. The van der Waals surface area contributed by atoms with Gasteiger partial charge in [-0.25, -0.2) is 13.1 Å². The quantitative estimate of drug-likeness (QED) is 0.779. The molecule has 1 unspecified atom stereocenters. The lowest BCUT2D eigenvalue weighted by molar-refractivity contribution is -0.0448. The molecule has 0 saturated heterocycles. The predicted molar refractivity (Wildman–Crippen MR) is 51.8 cm³/mol. The molecule has 2 aliphatic carbocycles. The zero-order valence-electron chi connectivity index (χ0n) is 8.37. The molecule has 0 heterocycles. The van der Waals surface area contributed by atoms with Crippen LogP contribution in [0.15, 0.2) is 12.2 Å². The Labute approximate surface area is 91.8 Å². The van der Waals surface area contributed by atoms with Crippen LogP contribution >= 0.6 is 0 Å². The Hall–Kier alpha value is -0.560. The summed E-state index contributed by atoms with van der Waals surface area (Å²) in [5.41, 5.74) is -5.21. The Balaban J connectivity index is 1.92. The van der Waals surface area contributed by atoms with E-state index < -0.39 is 15.5 Å². The van der Waals surface area contributed by atoms with Crippen molar-refractivity contribution in [1.82, 2.24) is 4.72 Å². The number of nitrogens with one attached hydrogen (secondary N) is 1. The number of hydrogen-bond acceptors (Lipinski definition) is 2. The molecule has 0 radical (unpaired) electrons. The van der Waals surface area contributed by atoms with E-state index in [0.29, 0.717) is 5.92 Å². The van der Waals surface area contributed by atoms with E-state index in [1.54, 1.807) is 4.72 Å². The maximum absolute atomic E-state index is 12.0. The topological polar surface area (TPSA) is 46.2 Å². The third-order valence-electron chi connectivity index (χ3n) is 3.26. The first-order chi connectivity index (χ1) is 7.29. The van der Waals surface area contributed by atoms with Crippen LogP contribution in [-0.2, 0) is 10.0 Å². The molecule has 2 rings (SSSR count). The highest BCUT2D eigenvalue weighted by molar-refractivity contribution is 7.90. The molecule has 3 nitrogen and oxygen atoms in total. The average Bonchev–Trinajstić information content (AvgIpc) is 2.73. The Morgan fingerprint density at radius 3 is 2.38 bits per heavy atom. The number of rotatable bonds is 3. The molecule has 3 atom stereocenters. The lowest BCUT2D eigenvalue weighted by Crippen LogP contribution is -2.39. The van der Waals surface area contributed by atoms with Crippen LogP contribution in [0.5, 0.6) is 0 Å². The Bertz CT molecular complexity index is 401. The zero-order valence-corrected chi connectivity index (χ0v) is 9.18. The van der Waals surface area contributed by atoms with E-state index in [4.69, 9.17) is 0 Å². The molecule has 92 valence electrons. The maximum atomic E-state index is 12.0. The van der Waals surface area contributed by atoms with Gasteiger partial charge in [-0.05, 0) is 30.6 Å². The van der Waals surface area contributed by atoms with Crippen molar-refractivity contribution in [2.45, 2.75) is 18.3 Å². The molecule has 0 spiro atoms. The van der Waals surface area contributed by atoms with Crippen LogP contribution in [0, 0.1) is 17.8 Å². The molecule has 0 aromatic heterocycles. The van der Waals surface area contributed by atoms with E-state index in [2.05, 4.69) is 6.08 Å². The maximum Gasteiger partial charge on any atom is 0.511 e. The van der Waals surface area contributed by atoms with E-state index in [1.165, 1.54) is 0 Å². The van der Waals surface area contributed by atoms with Crippen molar-refractivity contribution in [1.29, 1.82) is 0 Å². The van der Waals surface area contributed by atoms with Crippen molar-refractivity contribution in [2.75, 3.05) is 6.54 Å². The monoisotopic (exact) mass is 255 g/mol. The molecule has 0 aromatic carbocycles. The molecule has 7 heteroatoms. The number of sulfonamides is 1. The van der Waals surface area contributed by atoms with Crippen LogP contribution in [0.1, 0.15) is 12.8 Å². The first-order valence-electron chi connectivity index (χ1n) is 5.04. The predicted octanol–water partition coefficient (Wildman–Crippen LogP) is 1.64. The highest BCUT2D eigenvalue weighted by Gasteiger charge is 2.46. The van der Waals surface area contributed by atoms with E-state index in [0.717, 1.165) is 12.8 Å². The van der Waals surface area contributed by atoms with Crippen molar-refractivity contribution in [2.24, 2.45) is 17.8 Å². The van der Waals surface area contributed by atoms with Gasteiger partial charge in [0.25, 0.3) is 0 Å². The van der Waals surface area contributed by atoms with Gasteiger partial charge in [0.05, 0.1) is 0 Å². The number of halogens is 3. The highest BCUT2D eigenvalue weighted by atomic mass is 32.2. The van der Waals surface area contributed by atoms with Gasteiger partial charge < -0.3 is 0 Å². The van der Waals surface area contributed by atoms with E-state index in [-0.39, 0.29) is 18.4 Å². The van der Waals surface area contributed by atoms with Crippen molar-refractivity contribution in [3.63, 3.8) is 0 Å². The lowest BCUT2D eigenvalue weighted by atomic mass is 9.94. The average molecular weight is 255 g/mol. The summed E-state index contributed by atoms with van der Waals surface area (Å²) in [7, 11) is -5.18. The zero-order chi connectivity index (χ0) is 12.0. The first kappa shape index (κ1) is 11.9. The largest absolute Gasteiger partial charge is 0.511 e. The summed E-state index contributed by atoms with van der Waals surface area (Å²) in [5, 5.41) is 0. The van der Waals surface area contributed by atoms with Crippen LogP contribution in [-0.4, -0.2) is 20.5 Å². The summed E-state index contributed by atoms with van der Waals surface area (Å²) in [5.74, 6) is 0.665. The first-order valence-corrected chi connectivity index (χ1v) is 6.52. The minimum atomic E-state index is -5.21. The summed E-state index contributed by atoms with van der Waals surface area (Å²) in [6, 6.07) is 0. The summed E-state index contributed by atoms with van der Waals surface area (Å²) in [6.45, 7) is -0.118.